The minimum Gasteiger partial charge on any atom is -0.351 e. The Morgan fingerprint density at radius 3 is 2.82 bits per heavy atom. The number of hydrogen-bond donors (Lipinski definition) is 2. The molecular formula is C8H14N2O. The summed E-state index contributed by atoms with van der Waals surface area (Å²) in [6, 6.07) is 0.718. The van der Waals surface area contributed by atoms with Gasteiger partial charge in [-0.3, -0.25) is 4.79 Å². The first kappa shape index (κ1) is 8.27. The SMILES string of the molecule is C=CC(=O)NCCNC1CC1. The van der Waals surface area contributed by atoms with Gasteiger partial charge in [-0.2, -0.15) is 0 Å². The second kappa shape index (κ2) is 4.13. The lowest BCUT2D eigenvalue weighted by molar-refractivity contribution is -0.116. The van der Waals surface area contributed by atoms with E-state index < -0.39 is 0 Å². The molecule has 0 aromatic rings. The van der Waals surface area contributed by atoms with Gasteiger partial charge in [0.15, 0.2) is 0 Å². The molecule has 1 aliphatic carbocycles. The zero-order valence-corrected chi connectivity index (χ0v) is 6.60. The third kappa shape index (κ3) is 3.78. The molecule has 0 aromatic heterocycles. The van der Waals surface area contributed by atoms with Gasteiger partial charge in [-0.05, 0) is 18.9 Å². The van der Waals surface area contributed by atoms with Gasteiger partial charge >= 0.3 is 0 Å². The van der Waals surface area contributed by atoms with Crippen LogP contribution in [0.15, 0.2) is 12.7 Å². The average Bonchev–Trinajstić information content (AvgIpc) is 2.81. The molecule has 0 saturated heterocycles. The molecule has 2 N–H and O–H groups in total. The molecule has 1 rings (SSSR count). The largest absolute Gasteiger partial charge is 0.351 e. The minimum atomic E-state index is -0.0948. The Morgan fingerprint density at radius 2 is 2.27 bits per heavy atom. The summed E-state index contributed by atoms with van der Waals surface area (Å²) < 4.78 is 0. The maximum absolute atomic E-state index is 10.6. The molecule has 11 heavy (non-hydrogen) atoms. The molecule has 0 aromatic carbocycles. The predicted octanol–water partition coefficient (Wildman–Crippen LogP) is 0.0406. The second-order valence-corrected chi connectivity index (χ2v) is 2.72. The van der Waals surface area contributed by atoms with E-state index in [0.29, 0.717) is 6.54 Å². The number of hydrogen-bond acceptors (Lipinski definition) is 2. The molecule has 0 unspecified atom stereocenters. The summed E-state index contributed by atoms with van der Waals surface area (Å²) in [5.41, 5.74) is 0. The summed E-state index contributed by atoms with van der Waals surface area (Å²) in [5, 5.41) is 5.98. The number of amides is 1. The van der Waals surface area contributed by atoms with E-state index in [0.717, 1.165) is 12.6 Å². The van der Waals surface area contributed by atoms with Gasteiger partial charge in [-0.1, -0.05) is 6.58 Å². The fourth-order valence-corrected chi connectivity index (χ4v) is 0.822. The Bertz CT molecular complexity index is 152. The van der Waals surface area contributed by atoms with Crippen molar-refractivity contribution >= 4 is 5.91 Å². The molecule has 3 nitrogen and oxygen atoms in total. The normalized spacial score (nSPS) is 16.0. The summed E-state index contributed by atoms with van der Waals surface area (Å²) >= 11 is 0. The summed E-state index contributed by atoms with van der Waals surface area (Å²) in [4.78, 5) is 10.6. The van der Waals surface area contributed by atoms with E-state index in [9.17, 15) is 4.79 Å². The van der Waals surface area contributed by atoms with Gasteiger partial charge in [-0.15, -0.1) is 0 Å². The molecule has 1 saturated carbocycles. The Hall–Kier alpha value is -0.830. The fraction of sp³-hybridized carbons (Fsp3) is 0.625. The average molecular weight is 154 g/mol. The van der Waals surface area contributed by atoms with Crippen LogP contribution in [0.4, 0.5) is 0 Å². The lowest BCUT2D eigenvalue weighted by Crippen LogP contribution is -2.31. The van der Waals surface area contributed by atoms with Crippen molar-refractivity contribution in [2.75, 3.05) is 13.1 Å². The third-order valence-electron chi connectivity index (χ3n) is 1.62. The highest BCUT2D eigenvalue weighted by molar-refractivity contribution is 5.86. The molecule has 1 fully saturated rings. The van der Waals surface area contributed by atoms with E-state index in [1.54, 1.807) is 0 Å². The molecule has 0 spiro atoms. The Kier molecular flexibility index (Phi) is 3.11. The van der Waals surface area contributed by atoms with Crippen molar-refractivity contribution in [2.45, 2.75) is 18.9 Å². The van der Waals surface area contributed by atoms with Crippen LogP contribution in [0.3, 0.4) is 0 Å². The van der Waals surface area contributed by atoms with Crippen LogP contribution < -0.4 is 10.6 Å². The summed E-state index contributed by atoms with van der Waals surface area (Å²) in [6.07, 6.45) is 3.86. The smallest absolute Gasteiger partial charge is 0.243 e. The lowest BCUT2D eigenvalue weighted by atomic mass is 10.5. The molecule has 0 heterocycles. The van der Waals surface area contributed by atoms with Crippen LogP contribution in [0.5, 0.6) is 0 Å². The van der Waals surface area contributed by atoms with Gasteiger partial charge in [0.2, 0.25) is 5.91 Å². The van der Waals surface area contributed by atoms with Gasteiger partial charge in [0.25, 0.3) is 0 Å². The molecule has 0 atom stereocenters. The van der Waals surface area contributed by atoms with Crippen LogP contribution >= 0.6 is 0 Å². The van der Waals surface area contributed by atoms with Crippen LogP contribution in [0, 0.1) is 0 Å². The molecule has 0 aliphatic heterocycles. The highest BCUT2D eigenvalue weighted by Crippen LogP contribution is 2.17. The number of nitrogens with one attached hydrogen (secondary N) is 2. The van der Waals surface area contributed by atoms with Crippen molar-refractivity contribution in [3.05, 3.63) is 12.7 Å². The first-order chi connectivity index (χ1) is 5.33. The van der Waals surface area contributed by atoms with Gasteiger partial charge in [-0.25, -0.2) is 0 Å². The van der Waals surface area contributed by atoms with Gasteiger partial charge in [0.05, 0.1) is 0 Å². The van der Waals surface area contributed by atoms with Crippen LogP contribution in [0.2, 0.25) is 0 Å². The summed E-state index contributed by atoms with van der Waals surface area (Å²) in [7, 11) is 0. The van der Waals surface area contributed by atoms with Crippen molar-refractivity contribution in [3.8, 4) is 0 Å². The number of carbonyl (C=O) groups excluding carboxylic acids is 1. The van der Waals surface area contributed by atoms with Gasteiger partial charge in [0, 0.05) is 19.1 Å². The summed E-state index contributed by atoms with van der Waals surface area (Å²) in [5.74, 6) is -0.0948. The summed E-state index contributed by atoms with van der Waals surface area (Å²) in [6.45, 7) is 4.92. The first-order valence-corrected chi connectivity index (χ1v) is 3.96. The van der Waals surface area contributed by atoms with E-state index in [2.05, 4.69) is 17.2 Å². The van der Waals surface area contributed by atoms with Crippen LogP contribution in [0.25, 0.3) is 0 Å². The predicted molar refractivity (Wildman–Crippen MR) is 44.2 cm³/mol. The Morgan fingerprint density at radius 1 is 1.55 bits per heavy atom. The van der Waals surface area contributed by atoms with Crippen LogP contribution in [-0.4, -0.2) is 25.0 Å². The molecule has 0 radical (unpaired) electrons. The molecule has 3 heteroatoms. The molecule has 1 amide bonds. The minimum absolute atomic E-state index is 0.0948. The zero-order chi connectivity index (χ0) is 8.10. The molecule has 0 bridgehead atoms. The fourth-order valence-electron chi connectivity index (χ4n) is 0.822. The van der Waals surface area contributed by atoms with E-state index >= 15 is 0 Å². The van der Waals surface area contributed by atoms with Gasteiger partial charge < -0.3 is 10.6 Å². The Labute approximate surface area is 66.9 Å². The van der Waals surface area contributed by atoms with E-state index in [1.165, 1.54) is 18.9 Å². The number of rotatable bonds is 5. The molecule has 62 valence electrons. The van der Waals surface area contributed by atoms with E-state index in [-0.39, 0.29) is 5.91 Å². The third-order valence-corrected chi connectivity index (χ3v) is 1.62. The van der Waals surface area contributed by atoms with E-state index in [4.69, 9.17) is 0 Å². The van der Waals surface area contributed by atoms with Gasteiger partial charge in [0.1, 0.15) is 0 Å². The molecular weight excluding hydrogens is 140 g/mol. The Balaban J connectivity index is 1.86. The second-order valence-electron chi connectivity index (χ2n) is 2.72. The maximum Gasteiger partial charge on any atom is 0.243 e. The highest BCUT2D eigenvalue weighted by Gasteiger charge is 2.19. The van der Waals surface area contributed by atoms with Crippen molar-refractivity contribution in [1.29, 1.82) is 0 Å². The highest BCUT2D eigenvalue weighted by atomic mass is 16.1. The molecule has 1 aliphatic rings. The van der Waals surface area contributed by atoms with Crippen LogP contribution in [0.1, 0.15) is 12.8 Å². The zero-order valence-electron chi connectivity index (χ0n) is 6.60. The topological polar surface area (TPSA) is 41.1 Å². The van der Waals surface area contributed by atoms with Crippen molar-refractivity contribution in [1.82, 2.24) is 10.6 Å². The van der Waals surface area contributed by atoms with Crippen molar-refractivity contribution in [2.24, 2.45) is 0 Å². The van der Waals surface area contributed by atoms with Crippen molar-refractivity contribution < 1.29 is 4.79 Å². The van der Waals surface area contributed by atoms with Crippen LogP contribution in [-0.2, 0) is 4.79 Å². The lowest BCUT2D eigenvalue weighted by Gasteiger charge is -2.02. The standard InChI is InChI=1S/C8H14N2O/c1-2-8(11)10-6-5-9-7-3-4-7/h2,7,9H,1,3-6H2,(H,10,11). The number of carbonyl (C=O) groups is 1. The van der Waals surface area contributed by atoms with E-state index in [1.807, 2.05) is 0 Å². The quantitative estimate of drug-likeness (QED) is 0.433. The monoisotopic (exact) mass is 154 g/mol. The first-order valence-electron chi connectivity index (χ1n) is 3.96. The van der Waals surface area contributed by atoms with Crippen molar-refractivity contribution in [3.63, 3.8) is 0 Å². The maximum atomic E-state index is 10.6.